The number of halogens is 3. The van der Waals surface area contributed by atoms with E-state index in [1.54, 1.807) is 12.1 Å². The molecule has 0 saturated heterocycles. The maximum Gasteiger partial charge on any atom is 0.408 e. The lowest BCUT2D eigenvalue weighted by atomic mass is 10.1. The second-order valence-electron chi connectivity index (χ2n) is 6.02. The summed E-state index contributed by atoms with van der Waals surface area (Å²) in [5, 5.41) is 8.53. The van der Waals surface area contributed by atoms with Crippen molar-refractivity contribution >= 4 is 17.5 Å². The van der Waals surface area contributed by atoms with Crippen molar-refractivity contribution in [2.45, 2.75) is 33.5 Å². The topological polar surface area (TPSA) is 76.0 Å². The fourth-order valence-electron chi connectivity index (χ4n) is 2.46. The van der Waals surface area contributed by atoms with E-state index in [1.165, 1.54) is 6.92 Å². The lowest BCUT2D eigenvalue weighted by molar-refractivity contribution is -0.142. The zero-order chi connectivity index (χ0) is 19.5. The van der Waals surface area contributed by atoms with Crippen LogP contribution in [0.25, 0.3) is 0 Å². The monoisotopic (exact) mass is 368 g/mol. The Morgan fingerprint density at radius 1 is 1.12 bits per heavy atom. The number of hydrogen-bond acceptors (Lipinski definition) is 3. The van der Waals surface area contributed by atoms with Crippen LogP contribution in [0, 0.1) is 20.8 Å². The molecule has 0 saturated carbocycles. The van der Waals surface area contributed by atoms with Gasteiger partial charge in [-0.2, -0.15) is 18.3 Å². The molecule has 0 bridgehead atoms. The number of aromatic nitrogens is 2. The van der Waals surface area contributed by atoms with Crippen LogP contribution in [0.2, 0.25) is 0 Å². The summed E-state index contributed by atoms with van der Waals surface area (Å²) in [6.07, 6.45) is -3.26. The van der Waals surface area contributed by atoms with Crippen LogP contribution in [0.4, 0.5) is 18.9 Å². The Morgan fingerprint density at radius 2 is 1.73 bits per heavy atom. The molecule has 2 rings (SSSR count). The van der Waals surface area contributed by atoms with E-state index in [-0.39, 0.29) is 17.9 Å². The third-order valence-electron chi connectivity index (χ3n) is 3.60. The number of nitrogens with zero attached hydrogens (tertiary/aromatic N) is 2. The van der Waals surface area contributed by atoms with E-state index in [4.69, 9.17) is 0 Å². The Balaban J connectivity index is 1.94. The van der Waals surface area contributed by atoms with Crippen LogP contribution < -0.4 is 10.6 Å². The molecule has 0 spiro atoms. The first-order chi connectivity index (χ1) is 12.0. The summed E-state index contributed by atoms with van der Waals surface area (Å²) in [4.78, 5) is 24.0. The first-order valence-corrected chi connectivity index (χ1v) is 7.80. The van der Waals surface area contributed by atoms with Gasteiger partial charge in [-0.1, -0.05) is 17.2 Å². The molecule has 26 heavy (non-hydrogen) atoms. The van der Waals surface area contributed by atoms with E-state index in [0.717, 1.165) is 22.0 Å². The number of alkyl halides is 3. The van der Waals surface area contributed by atoms with E-state index < -0.39 is 24.5 Å². The molecule has 140 valence electrons. The van der Waals surface area contributed by atoms with Crippen LogP contribution in [0.5, 0.6) is 0 Å². The third-order valence-corrected chi connectivity index (χ3v) is 3.60. The second-order valence-corrected chi connectivity index (χ2v) is 6.02. The molecule has 0 aliphatic rings. The molecule has 1 aromatic carbocycles. The van der Waals surface area contributed by atoms with Gasteiger partial charge in [-0.05, 0) is 32.9 Å². The molecule has 6 nitrogen and oxygen atoms in total. The van der Waals surface area contributed by atoms with Crippen molar-refractivity contribution < 1.29 is 22.8 Å². The molecule has 0 fully saturated rings. The Bertz CT molecular complexity index is 808. The summed E-state index contributed by atoms with van der Waals surface area (Å²) in [6, 6.07) is 5.32. The van der Waals surface area contributed by atoms with Gasteiger partial charge < -0.3 is 10.6 Å². The Morgan fingerprint density at radius 3 is 2.31 bits per heavy atom. The van der Waals surface area contributed by atoms with Gasteiger partial charge in [-0.3, -0.25) is 14.3 Å². The lowest BCUT2D eigenvalue weighted by Crippen LogP contribution is -2.33. The average molecular weight is 368 g/mol. The summed E-state index contributed by atoms with van der Waals surface area (Å²) in [7, 11) is 0. The van der Waals surface area contributed by atoms with E-state index in [2.05, 4.69) is 15.7 Å². The van der Waals surface area contributed by atoms with Gasteiger partial charge in [0.15, 0.2) is 0 Å². The summed E-state index contributed by atoms with van der Waals surface area (Å²) in [5.41, 5.74) is 2.63. The minimum atomic E-state index is -4.40. The van der Waals surface area contributed by atoms with Crippen molar-refractivity contribution in [2.24, 2.45) is 0 Å². The molecule has 2 N–H and O–H groups in total. The highest BCUT2D eigenvalue weighted by molar-refractivity contribution is 5.99. The fraction of sp³-hybridized carbons (Fsp3) is 0.353. The highest BCUT2D eigenvalue weighted by Crippen LogP contribution is 2.21. The molecular formula is C17H19F3N4O2. The number of hydrogen-bond donors (Lipinski definition) is 2. The minimum Gasteiger partial charge on any atom is -0.343 e. The number of benzene rings is 1. The van der Waals surface area contributed by atoms with Crippen LogP contribution >= 0.6 is 0 Å². The van der Waals surface area contributed by atoms with Crippen molar-refractivity contribution in [3.63, 3.8) is 0 Å². The van der Waals surface area contributed by atoms with Gasteiger partial charge in [-0.15, -0.1) is 0 Å². The van der Waals surface area contributed by atoms with Crippen molar-refractivity contribution in [3.8, 4) is 0 Å². The van der Waals surface area contributed by atoms with Crippen LogP contribution in [0.3, 0.4) is 0 Å². The fourth-order valence-corrected chi connectivity index (χ4v) is 2.46. The van der Waals surface area contributed by atoms with Crippen LogP contribution in [-0.4, -0.2) is 34.3 Å². The predicted octanol–water partition coefficient (Wildman–Crippen LogP) is 2.74. The molecule has 0 atom stereocenters. The molecule has 2 aromatic rings. The van der Waals surface area contributed by atoms with Gasteiger partial charge in [0.1, 0.15) is 6.54 Å². The third kappa shape index (κ3) is 5.33. The molecule has 0 radical (unpaired) electrons. The smallest absolute Gasteiger partial charge is 0.343 e. The normalized spacial score (nSPS) is 11.3. The van der Waals surface area contributed by atoms with Crippen molar-refractivity contribution in [2.75, 3.05) is 11.9 Å². The number of anilines is 1. The summed E-state index contributed by atoms with van der Waals surface area (Å²) in [5.74, 6) is -0.964. The molecular weight excluding hydrogens is 349 g/mol. The van der Waals surface area contributed by atoms with Gasteiger partial charge in [0.25, 0.3) is 5.91 Å². The van der Waals surface area contributed by atoms with Crippen LogP contribution in [-0.2, 0) is 11.3 Å². The zero-order valence-electron chi connectivity index (χ0n) is 14.6. The Hall–Kier alpha value is -2.84. The van der Waals surface area contributed by atoms with E-state index in [1.807, 2.05) is 19.9 Å². The maximum absolute atomic E-state index is 12.4. The number of carbonyl (C=O) groups is 2. The zero-order valence-corrected chi connectivity index (χ0v) is 14.6. The van der Waals surface area contributed by atoms with Crippen molar-refractivity contribution in [1.29, 1.82) is 0 Å². The molecule has 1 aromatic heterocycles. The van der Waals surface area contributed by atoms with Crippen LogP contribution in [0.15, 0.2) is 24.4 Å². The maximum atomic E-state index is 12.4. The predicted molar refractivity (Wildman–Crippen MR) is 89.9 cm³/mol. The van der Waals surface area contributed by atoms with E-state index >= 15 is 0 Å². The number of aryl methyl sites for hydroxylation is 2. The number of nitrogens with one attached hydrogen (secondary N) is 2. The SMILES string of the molecule is Cc1cc(C)cc(C(=O)NCC(=O)Nc2cnn(CC(F)(F)F)c2C)c1. The van der Waals surface area contributed by atoms with Crippen molar-refractivity contribution in [1.82, 2.24) is 15.1 Å². The van der Waals surface area contributed by atoms with Crippen LogP contribution in [0.1, 0.15) is 27.2 Å². The largest absolute Gasteiger partial charge is 0.408 e. The molecule has 0 aliphatic heterocycles. The lowest BCUT2D eigenvalue weighted by Gasteiger charge is -2.10. The number of carbonyl (C=O) groups excluding carboxylic acids is 2. The first-order valence-electron chi connectivity index (χ1n) is 7.80. The highest BCUT2D eigenvalue weighted by atomic mass is 19.4. The molecule has 2 amide bonds. The molecule has 0 unspecified atom stereocenters. The Kier molecular flexibility index (Phi) is 5.69. The van der Waals surface area contributed by atoms with Crippen molar-refractivity contribution in [3.05, 3.63) is 46.8 Å². The van der Waals surface area contributed by atoms with Gasteiger partial charge in [0, 0.05) is 5.56 Å². The average Bonchev–Trinajstić information content (AvgIpc) is 2.83. The minimum absolute atomic E-state index is 0.167. The Labute approximate surface area is 148 Å². The van der Waals surface area contributed by atoms with Gasteiger partial charge >= 0.3 is 6.18 Å². The van der Waals surface area contributed by atoms with Gasteiger partial charge in [-0.25, -0.2) is 0 Å². The summed E-state index contributed by atoms with van der Waals surface area (Å²) < 4.78 is 38.0. The highest BCUT2D eigenvalue weighted by Gasteiger charge is 2.29. The summed E-state index contributed by atoms with van der Waals surface area (Å²) >= 11 is 0. The summed E-state index contributed by atoms with van der Waals surface area (Å²) in [6.45, 7) is 3.59. The number of amides is 2. The standard InChI is InChI=1S/C17H19F3N4O2/c1-10-4-11(2)6-13(5-10)16(26)21-8-15(25)23-14-7-22-24(12(14)3)9-17(18,19)20/h4-7H,8-9H2,1-3H3,(H,21,26)(H,23,25). The molecule has 1 heterocycles. The van der Waals surface area contributed by atoms with E-state index in [0.29, 0.717) is 5.56 Å². The van der Waals surface area contributed by atoms with Gasteiger partial charge in [0.05, 0.1) is 24.1 Å². The second kappa shape index (κ2) is 7.59. The molecule has 0 aliphatic carbocycles. The number of rotatable bonds is 5. The van der Waals surface area contributed by atoms with Gasteiger partial charge in [0.2, 0.25) is 5.91 Å². The molecule has 9 heteroatoms. The quantitative estimate of drug-likeness (QED) is 0.852. The van der Waals surface area contributed by atoms with E-state index in [9.17, 15) is 22.8 Å². The first kappa shape index (κ1) is 19.5.